The topological polar surface area (TPSA) is 66.5 Å². The molecule has 3 aromatic rings. The van der Waals surface area contributed by atoms with Crippen molar-refractivity contribution in [2.45, 2.75) is 6.54 Å². The molecule has 0 saturated carbocycles. The lowest BCUT2D eigenvalue weighted by Crippen LogP contribution is -2.02. The van der Waals surface area contributed by atoms with Crippen molar-refractivity contribution in [3.05, 3.63) is 35.9 Å². The highest BCUT2D eigenvalue weighted by atomic mass is 32.1. The van der Waals surface area contributed by atoms with Crippen LogP contribution in [0, 0.1) is 0 Å². The van der Waals surface area contributed by atoms with E-state index in [1.165, 1.54) is 11.0 Å². The van der Waals surface area contributed by atoms with Crippen molar-refractivity contribution in [2.75, 3.05) is 5.32 Å². The Morgan fingerprint density at radius 3 is 3.19 bits per heavy atom. The molecule has 0 aromatic carbocycles. The van der Waals surface area contributed by atoms with Gasteiger partial charge in [0.15, 0.2) is 0 Å². The second kappa shape index (κ2) is 3.90. The Hall–Kier alpha value is -1.95. The van der Waals surface area contributed by atoms with Crippen molar-refractivity contribution in [1.29, 1.82) is 0 Å². The van der Waals surface area contributed by atoms with Crippen LogP contribution >= 0.6 is 11.3 Å². The number of thiophene rings is 1. The maximum atomic E-state index is 4.31. The molecule has 0 aliphatic rings. The first-order chi connectivity index (χ1) is 7.93. The van der Waals surface area contributed by atoms with Crippen molar-refractivity contribution in [3.8, 4) is 0 Å². The molecule has 5 nitrogen and oxygen atoms in total. The molecule has 0 bridgehead atoms. The minimum absolute atomic E-state index is 0.599. The van der Waals surface area contributed by atoms with Crippen LogP contribution in [0.3, 0.4) is 0 Å². The Morgan fingerprint density at radius 1 is 1.31 bits per heavy atom. The van der Waals surface area contributed by atoms with Crippen LogP contribution in [-0.4, -0.2) is 20.2 Å². The van der Waals surface area contributed by atoms with Crippen LogP contribution in [0.25, 0.3) is 10.1 Å². The van der Waals surface area contributed by atoms with Gasteiger partial charge >= 0.3 is 0 Å². The fourth-order valence-electron chi connectivity index (χ4n) is 1.52. The normalized spacial score (nSPS) is 10.8. The lowest BCUT2D eigenvalue weighted by atomic mass is 10.3. The highest BCUT2D eigenvalue weighted by molar-refractivity contribution is 7.17. The second-order valence-corrected chi connectivity index (χ2v) is 4.23. The van der Waals surface area contributed by atoms with Gasteiger partial charge in [-0.1, -0.05) is 0 Å². The van der Waals surface area contributed by atoms with E-state index in [2.05, 4.69) is 36.9 Å². The number of fused-ring (bicyclic) bond motifs is 1. The zero-order valence-corrected chi connectivity index (χ0v) is 9.16. The van der Waals surface area contributed by atoms with E-state index in [1.807, 2.05) is 12.3 Å². The Balaban J connectivity index is 1.86. The molecule has 0 radical (unpaired) electrons. The van der Waals surface area contributed by atoms with Gasteiger partial charge in [-0.2, -0.15) is 5.10 Å². The standard InChI is InChI=1S/C10H9N5S/c1-3-11-10(7-2-4-16-8(1)7)12-5-9-13-6-14-15-9/h1-4,6H,5H2,(H,11,12)(H,13,14,15). The smallest absolute Gasteiger partial charge is 0.143 e. The fourth-order valence-corrected chi connectivity index (χ4v) is 2.30. The predicted molar refractivity (Wildman–Crippen MR) is 63.3 cm³/mol. The Kier molecular flexibility index (Phi) is 2.26. The number of anilines is 1. The SMILES string of the molecule is c1n[nH]c(CNc2nccc3sccc23)n1. The summed E-state index contributed by atoms with van der Waals surface area (Å²) in [5.41, 5.74) is 0. The molecule has 16 heavy (non-hydrogen) atoms. The largest absolute Gasteiger partial charge is 0.362 e. The molecule has 80 valence electrons. The van der Waals surface area contributed by atoms with E-state index in [4.69, 9.17) is 0 Å². The maximum Gasteiger partial charge on any atom is 0.143 e. The molecule has 0 unspecified atom stereocenters. The first kappa shape index (κ1) is 9.29. The number of nitrogens with one attached hydrogen (secondary N) is 2. The number of hydrogen-bond donors (Lipinski definition) is 2. The van der Waals surface area contributed by atoms with E-state index in [9.17, 15) is 0 Å². The van der Waals surface area contributed by atoms with Crippen LogP contribution in [0.1, 0.15) is 5.82 Å². The number of H-pyrrole nitrogens is 1. The third-order valence-corrected chi connectivity index (χ3v) is 3.15. The van der Waals surface area contributed by atoms with Gasteiger partial charge in [-0.25, -0.2) is 9.97 Å². The predicted octanol–water partition coefficient (Wildman–Crippen LogP) is 2.03. The molecule has 3 heterocycles. The van der Waals surface area contributed by atoms with Gasteiger partial charge in [-0.15, -0.1) is 11.3 Å². The van der Waals surface area contributed by atoms with Crippen molar-refractivity contribution in [1.82, 2.24) is 20.2 Å². The van der Waals surface area contributed by atoms with Gasteiger partial charge < -0.3 is 5.32 Å². The summed E-state index contributed by atoms with van der Waals surface area (Å²) in [6, 6.07) is 4.08. The average Bonchev–Trinajstić information content (AvgIpc) is 2.97. The highest BCUT2D eigenvalue weighted by Gasteiger charge is 2.03. The summed E-state index contributed by atoms with van der Waals surface area (Å²) in [4.78, 5) is 8.36. The molecule has 0 atom stereocenters. The number of aromatic amines is 1. The molecule has 2 N–H and O–H groups in total. The summed E-state index contributed by atoms with van der Waals surface area (Å²) < 4.78 is 1.23. The fraction of sp³-hybridized carbons (Fsp3) is 0.100. The van der Waals surface area contributed by atoms with Gasteiger partial charge in [-0.3, -0.25) is 5.10 Å². The van der Waals surface area contributed by atoms with Gasteiger partial charge in [0.25, 0.3) is 0 Å². The van der Waals surface area contributed by atoms with Gasteiger partial charge in [0.05, 0.1) is 6.54 Å². The van der Waals surface area contributed by atoms with Gasteiger partial charge in [-0.05, 0) is 17.5 Å². The van der Waals surface area contributed by atoms with Crippen LogP contribution in [-0.2, 0) is 6.54 Å². The molecule has 0 aliphatic heterocycles. The molecule has 3 aromatic heterocycles. The lowest BCUT2D eigenvalue weighted by Gasteiger charge is -2.03. The maximum absolute atomic E-state index is 4.31. The van der Waals surface area contributed by atoms with Gasteiger partial charge in [0.1, 0.15) is 18.0 Å². The van der Waals surface area contributed by atoms with Crippen molar-refractivity contribution in [2.24, 2.45) is 0 Å². The molecule has 0 aliphatic carbocycles. The number of hydrogen-bond acceptors (Lipinski definition) is 5. The van der Waals surface area contributed by atoms with E-state index < -0.39 is 0 Å². The van der Waals surface area contributed by atoms with E-state index in [0.29, 0.717) is 6.54 Å². The van der Waals surface area contributed by atoms with Gasteiger partial charge in [0, 0.05) is 16.3 Å². The monoisotopic (exact) mass is 231 g/mol. The molecule has 3 rings (SSSR count). The van der Waals surface area contributed by atoms with Crippen LogP contribution in [0.15, 0.2) is 30.0 Å². The summed E-state index contributed by atoms with van der Waals surface area (Å²) in [5, 5.41) is 13.0. The number of nitrogens with zero attached hydrogens (tertiary/aromatic N) is 3. The lowest BCUT2D eigenvalue weighted by molar-refractivity contribution is 0.950. The zero-order chi connectivity index (χ0) is 10.8. The number of aromatic nitrogens is 4. The van der Waals surface area contributed by atoms with E-state index >= 15 is 0 Å². The number of rotatable bonds is 3. The molecule has 0 fully saturated rings. The minimum Gasteiger partial charge on any atom is -0.362 e. The third-order valence-electron chi connectivity index (χ3n) is 2.27. The zero-order valence-electron chi connectivity index (χ0n) is 8.34. The molecule has 0 saturated heterocycles. The Bertz CT molecular complexity index is 586. The first-order valence-corrected chi connectivity index (χ1v) is 5.72. The first-order valence-electron chi connectivity index (χ1n) is 4.84. The highest BCUT2D eigenvalue weighted by Crippen LogP contribution is 2.25. The van der Waals surface area contributed by atoms with Crippen LogP contribution in [0.4, 0.5) is 5.82 Å². The quantitative estimate of drug-likeness (QED) is 0.723. The van der Waals surface area contributed by atoms with Crippen molar-refractivity contribution in [3.63, 3.8) is 0 Å². The third kappa shape index (κ3) is 1.63. The van der Waals surface area contributed by atoms with Crippen molar-refractivity contribution >= 4 is 27.2 Å². The molecule has 0 amide bonds. The summed E-state index contributed by atoms with van der Waals surface area (Å²) in [5.74, 6) is 1.68. The van der Waals surface area contributed by atoms with Crippen LogP contribution < -0.4 is 5.32 Å². The minimum atomic E-state index is 0.599. The number of pyridine rings is 1. The second-order valence-electron chi connectivity index (χ2n) is 3.28. The summed E-state index contributed by atoms with van der Waals surface area (Å²) in [6.45, 7) is 0.599. The molecule has 6 heteroatoms. The van der Waals surface area contributed by atoms with E-state index in [0.717, 1.165) is 17.0 Å². The summed E-state index contributed by atoms with van der Waals surface area (Å²) in [6.07, 6.45) is 3.30. The Morgan fingerprint density at radius 2 is 2.31 bits per heavy atom. The van der Waals surface area contributed by atoms with Gasteiger partial charge in [0.2, 0.25) is 0 Å². The molecular weight excluding hydrogens is 222 g/mol. The van der Waals surface area contributed by atoms with Crippen molar-refractivity contribution < 1.29 is 0 Å². The van der Waals surface area contributed by atoms with E-state index in [1.54, 1.807) is 11.3 Å². The summed E-state index contributed by atoms with van der Waals surface area (Å²) >= 11 is 1.71. The Labute approximate surface area is 95.6 Å². The van der Waals surface area contributed by atoms with Crippen LogP contribution in [0.2, 0.25) is 0 Å². The average molecular weight is 231 g/mol. The van der Waals surface area contributed by atoms with E-state index in [-0.39, 0.29) is 0 Å². The molecule has 0 spiro atoms. The van der Waals surface area contributed by atoms with Crippen LogP contribution in [0.5, 0.6) is 0 Å². The molecular formula is C10H9N5S. The summed E-state index contributed by atoms with van der Waals surface area (Å²) in [7, 11) is 0.